The number of nitrogens with zero attached hydrogens (tertiary/aromatic N) is 1. The molecule has 1 fully saturated rings. The van der Waals surface area contributed by atoms with Crippen LogP contribution in [0.4, 0.5) is 0 Å². The molecule has 0 aromatic heterocycles. The van der Waals surface area contributed by atoms with E-state index in [1.807, 2.05) is 7.05 Å². The van der Waals surface area contributed by atoms with E-state index >= 15 is 0 Å². The van der Waals surface area contributed by atoms with Crippen LogP contribution in [0.1, 0.15) is 32.6 Å². The van der Waals surface area contributed by atoms with E-state index in [9.17, 15) is 4.79 Å². The van der Waals surface area contributed by atoms with Gasteiger partial charge in [0.25, 0.3) is 0 Å². The normalized spacial score (nSPS) is 16.3. The van der Waals surface area contributed by atoms with Crippen molar-refractivity contribution >= 4 is 30.7 Å². The molecular formula is C13H29Cl2N3O. The second-order valence-corrected chi connectivity index (χ2v) is 5.08. The third-order valence-electron chi connectivity index (χ3n) is 3.46. The van der Waals surface area contributed by atoms with Crippen LogP contribution in [0.15, 0.2) is 0 Å². The number of likely N-dealkylation sites (tertiary alicyclic amines) is 1. The highest BCUT2D eigenvalue weighted by molar-refractivity contribution is 5.85. The molecule has 1 aliphatic heterocycles. The third kappa shape index (κ3) is 10.4. The maximum Gasteiger partial charge on any atom is 0.220 e. The van der Waals surface area contributed by atoms with E-state index in [0.29, 0.717) is 6.42 Å². The van der Waals surface area contributed by atoms with Crippen LogP contribution >= 0.6 is 24.8 Å². The van der Waals surface area contributed by atoms with Crippen molar-refractivity contribution in [1.82, 2.24) is 15.5 Å². The van der Waals surface area contributed by atoms with Crippen molar-refractivity contribution in [2.24, 2.45) is 5.92 Å². The molecule has 0 atom stereocenters. The van der Waals surface area contributed by atoms with Gasteiger partial charge in [0, 0.05) is 19.5 Å². The summed E-state index contributed by atoms with van der Waals surface area (Å²) in [4.78, 5) is 13.9. The SMILES string of the molecule is CNCCCC(=O)NCCN1CCC(C)CC1.Cl.Cl. The van der Waals surface area contributed by atoms with Gasteiger partial charge in [-0.3, -0.25) is 4.79 Å². The molecule has 0 radical (unpaired) electrons. The second kappa shape index (κ2) is 13.0. The summed E-state index contributed by atoms with van der Waals surface area (Å²) < 4.78 is 0. The molecular weight excluding hydrogens is 285 g/mol. The van der Waals surface area contributed by atoms with Gasteiger partial charge in [0.2, 0.25) is 5.91 Å². The lowest BCUT2D eigenvalue weighted by molar-refractivity contribution is -0.121. The van der Waals surface area contributed by atoms with Gasteiger partial charge in [-0.25, -0.2) is 0 Å². The van der Waals surface area contributed by atoms with Crippen molar-refractivity contribution in [2.45, 2.75) is 32.6 Å². The number of carbonyl (C=O) groups excluding carboxylic acids is 1. The van der Waals surface area contributed by atoms with Crippen molar-refractivity contribution in [3.8, 4) is 0 Å². The highest BCUT2D eigenvalue weighted by Gasteiger charge is 2.14. The smallest absolute Gasteiger partial charge is 0.220 e. The first-order valence-corrected chi connectivity index (χ1v) is 6.86. The first-order chi connectivity index (χ1) is 8.22. The summed E-state index contributed by atoms with van der Waals surface area (Å²) in [5, 5.41) is 6.04. The summed E-state index contributed by atoms with van der Waals surface area (Å²) in [6.45, 7) is 7.42. The summed E-state index contributed by atoms with van der Waals surface area (Å²) in [6.07, 6.45) is 4.16. The van der Waals surface area contributed by atoms with Gasteiger partial charge in [-0.15, -0.1) is 24.8 Å². The van der Waals surface area contributed by atoms with Gasteiger partial charge in [0.1, 0.15) is 0 Å². The van der Waals surface area contributed by atoms with Crippen LogP contribution in [0.3, 0.4) is 0 Å². The van der Waals surface area contributed by atoms with Crippen molar-refractivity contribution in [3.63, 3.8) is 0 Å². The Hall–Kier alpha value is -0.0300. The Bertz CT molecular complexity index is 222. The van der Waals surface area contributed by atoms with Gasteiger partial charge in [0.15, 0.2) is 0 Å². The Morgan fingerprint density at radius 1 is 1.21 bits per heavy atom. The highest BCUT2D eigenvalue weighted by atomic mass is 35.5. The Balaban J connectivity index is 0. The molecule has 1 saturated heterocycles. The minimum atomic E-state index is 0. The molecule has 0 aromatic carbocycles. The number of nitrogens with one attached hydrogen (secondary N) is 2. The molecule has 0 bridgehead atoms. The summed E-state index contributed by atoms with van der Waals surface area (Å²) in [5.41, 5.74) is 0. The molecule has 116 valence electrons. The Kier molecular flexibility index (Phi) is 14.5. The van der Waals surface area contributed by atoms with E-state index in [0.717, 1.165) is 32.0 Å². The fourth-order valence-electron chi connectivity index (χ4n) is 2.15. The lowest BCUT2D eigenvalue weighted by atomic mass is 9.99. The van der Waals surface area contributed by atoms with Gasteiger partial charge >= 0.3 is 0 Å². The Morgan fingerprint density at radius 2 is 1.84 bits per heavy atom. The second-order valence-electron chi connectivity index (χ2n) is 5.08. The Labute approximate surface area is 129 Å². The fourth-order valence-corrected chi connectivity index (χ4v) is 2.15. The van der Waals surface area contributed by atoms with Crippen LogP contribution < -0.4 is 10.6 Å². The van der Waals surface area contributed by atoms with Gasteiger partial charge < -0.3 is 15.5 Å². The maximum atomic E-state index is 11.5. The first-order valence-electron chi connectivity index (χ1n) is 6.86. The summed E-state index contributed by atoms with van der Waals surface area (Å²) >= 11 is 0. The number of hydrogen-bond acceptors (Lipinski definition) is 3. The molecule has 0 aliphatic carbocycles. The molecule has 6 heteroatoms. The number of piperidine rings is 1. The summed E-state index contributed by atoms with van der Waals surface area (Å²) in [6, 6.07) is 0. The molecule has 0 spiro atoms. The maximum absolute atomic E-state index is 11.5. The average molecular weight is 314 g/mol. The third-order valence-corrected chi connectivity index (χ3v) is 3.46. The molecule has 4 nitrogen and oxygen atoms in total. The molecule has 0 unspecified atom stereocenters. The monoisotopic (exact) mass is 313 g/mol. The van der Waals surface area contributed by atoms with Crippen LogP contribution in [0.2, 0.25) is 0 Å². The van der Waals surface area contributed by atoms with Crippen LogP contribution in [-0.4, -0.2) is 50.6 Å². The van der Waals surface area contributed by atoms with E-state index in [1.54, 1.807) is 0 Å². The van der Waals surface area contributed by atoms with Crippen LogP contribution in [0.25, 0.3) is 0 Å². The van der Waals surface area contributed by atoms with E-state index in [4.69, 9.17) is 0 Å². The molecule has 0 aromatic rings. The predicted molar refractivity (Wildman–Crippen MR) is 85.5 cm³/mol. The minimum Gasteiger partial charge on any atom is -0.355 e. The number of hydrogen-bond donors (Lipinski definition) is 2. The van der Waals surface area contributed by atoms with E-state index in [-0.39, 0.29) is 30.7 Å². The number of halogens is 2. The van der Waals surface area contributed by atoms with Crippen molar-refractivity contribution in [3.05, 3.63) is 0 Å². The predicted octanol–water partition coefficient (Wildman–Crippen LogP) is 1.68. The molecule has 0 saturated carbocycles. The summed E-state index contributed by atoms with van der Waals surface area (Å²) in [5.74, 6) is 1.06. The lowest BCUT2D eigenvalue weighted by Gasteiger charge is -2.30. The molecule has 2 N–H and O–H groups in total. The zero-order valence-electron chi connectivity index (χ0n) is 12.1. The Morgan fingerprint density at radius 3 is 2.42 bits per heavy atom. The number of amides is 1. The molecule has 19 heavy (non-hydrogen) atoms. The zero-order valence-corrected chi connectivity index (χ0v) is 13.7. The van der Waals surface area contributed by atoms with Crippen LogP contribution in [-0.2, 0) is 4.79 Å². The van der Waals surface area contributed by atoms with Crippen LogP contribution in [0, 0.1) is 5.92 Å². The lowest BCUT2D eigenvalue weighted by Crippen LogP contribution is -2.39. The van der Waals surface area contributed by atoms with Gasteiger partial charge in [-0.1, -0.05) is 6.92 Å². The number of carbonyl (C=O) groups is 1. The largest absolute Gasteiger partial charge is 0.355 e. The molecule has 1 amide bonds. The van der Waals surface area contributed by atoms with Crippen LogP contribution in [0.5, 0.6) is 0 Å². The summed E-state index contributed by atoms with van der Waals surface area (Å²) in [7, 11) is 1.91. The average Bonchev–Trinajstić information content (AvgIpc) is 2.32. The first kappa shape index (κ1) is 21.3. The van der Waals surface area contributed by atoms with Crippen molar-refractivity contribution in [1.29, 1.82) is 0 Å². The van der Waals surface area contributed by atoms with Gasteiger partial charge in [-0.05, 0) is 51.9 Å². The van der Waals surface area contributed by atoms with E-state index in [1.165, 1.54) is 25.9 Å². The van der Waals surface area contributed by atoms with E-state index < -0.39 is 0 Å². The highest BCUT2D eigenvalue weighted by Crippen LogP contribution is 2.14. The molecule has 1 aliphatic rings. The molecule has 1 heterocycles. The molecule has 1 rings (SSSR count). The van der Waals surface area contributed by atoms with E-state index in [2.05, 4.69) is 22.5 Å². The van der Waals surface area contributed by atoms with Crippen molar-refractivity contribution < 1.29 is 4.79 Å². The standard InChI is InChI=1S/C13H27N3O.2ClH/c1-12-5-9-16(10-6-12)11-8-15-13(17)4-3-7-14-2;;/h12,14H,3-11H2,1-2H3,(H,15,17);2*1H. The zero-order chi connectivity index (χ0) is 12.5. The quantitative estimate of drug-likeness (QED) is 0.703. The fraction of sp³-hybridized carbons (Fsp3) is 0.923. The van der Waals surface area contributed by atoms with Gasteiger partial charge in [-0.2, -0.15) is 0 Å². The number of rotatable bonds is 7. The van der Waals surface area contributed by atoms with Crippen molar-refractivity contribution in [2.75, 3.05) is 39.8 Å². The van der Waals surface area contributed by atoms with Gasteiger partial charge in [0.05, 0.1) is 0 Å². The topological polar surface area (TPSA) is 44.4 Å². The minimum absolute atomic E-state index is 0.